The van der Waals surface area contributed by atoms with E-state index in [1.54, 1.807) is 24.9 Å². The average Bonchev–Trinajstić information content (AvgIpc) is 3.26. The third kappa shape index (κ3) is 4.22. The van der Waals surface area contributed by atoms with Crippen molar-refractivity contribution in [2.45, 2.75) is 64.2 Å². The van der Waals surface area contributed by atoms with Gasteiger partial charge in [0.2, 0.25) is 0 Å². The minimum absolute atomic E-state index is 0.226. The summed E-state index contributed by atoms with van der Waals surface area (Å²) in [6, 6.07) is 3.66. The highest BCUT2D eigenvalue weighted by Gasteiger charge is 2.29. The number of aromatic nitrogens is 4. The number of aryl methyl sites for hydroxylation is 1. The molecule has 0 spiro atoms. The smallest absolute Gasteiger partial charge is 0.275 e. The molecule has 1 aliphatic rings. The lowest BCUT2D eigenvalue weighted by Crippen LogP contribution is -2.27. The third-order valence-corrected chi connectivity index (χ3v) is 4.88. The molecule has 2 atom stereocenters. The molecule has 1 amide bonds. The molecule has 3 rings (SSSR count). The van der Waals surface area contributed by atoms with Gasteiger partial charge in [-0.25, -0.2) is 4.68 Å². The lowest BCUT2D eigenvalue weighted by Gasteiger charge is -2.22. The van der Waals surface area contributed by atoms with Crippen molar-refractivity contribution >= 4 is 11.7 Å². The van der Waals surface area contributed by atoms with Crippen LogP contribution in [-0.2, 0) is 23.9 Å². The average molecular weight is 375 g/mol. The van der Waals surface area contributed by atoms with Gasteiger partial charge in [-0.05, 0) is 46.1 Å². The van der Waals surface area contributed by atoms with Gasteiger partial charge in [-0.15, -0.1) is 0 Å². The molecular weight excluding hydrogens is 346 g/mol. The first kappa shape index (κ1) is 19.6. The highest BCUT2D eigenvalue weighted by Crippen LogP contribution is 2.36. The zero-order valence-electron chi connectivity index (χ0n) is 16.7. The van der Waals surface area contributed by atoms with Gasteiger partial charge in [-0.3, -0.25) is 9.48 Å². The fourth-order valence-electron chi connectivity index (χ4n) is 3.56. The zero-order valence-corrected chi connectivity index (χ0v) is 16.7. The number of anilines is 1. The second-order valence-electron chi connectivity index (χ2n) is 8.23. The topological polar surface area (TPSA) is 94.2 Å². The normalized spacial score (nSPS) is 20.2. The van der Waals surface area contributed by atoms with Crippen LogP contribution in [0.2, 0.25) is 0 Å². The summed E-state index contributed by atoms with van der Waals surface area (Å²) in [5.41, 5.74) is 1.80. The molecule has 0 bridgehead atoms. The molecular formula is C19H29N5O3. The predicted molar refractivity (Wildman–Crippen MR) is 102 cm³/mol. The lowest BCUT2D eigenvalue weighted by molar-refractivity contribution is 0.101. The van der Waals surface area contributed by atoms with Crippen LogP contribution < -0.4 is 5.32 Å². The minimum Gasteiger partial charge on any atom is -0.393 e. The highest BCUT2D eigenvalue weighted by molar-refractivity contribution is 6.02. The molecule has 8 nitrogen and oxygen atoms in total. The Kier molecular flexibility index (Phi) is 5.39. The number of hydrogen-bond donors (Lipinski definition) is 2. The minimum atomic E-state index is -0.286. The van der Waals surface area contributed by atoms with Gasteiger partial charge in [0.15, 0.2) is 0 Å². The Morgan fingerprint density at radius 3 is 2.67 bits per heavy atom. The Morgan fingerprint density at radius 1 is 1.33 bits per heavy atom. The molecule has 1 saturated carbocycles. The lowest BCUT2D eigenvalue weighted by atomic mass is 10.0. The van der Waals surface area contributed by atoms with Crippen molar-refractivity contribution in [1.29, 1.82) is 0 Å². The standard InChI is InChI=1S/C19H29N5O3/c1-19(2,3)24-17(10-15(22-24)12-6-7-14(25)8-12)20-18(26)16-9-13(11-27-5)21-23(16)4/h9-10,12,14,25H,6-8,11H2,1-5H3,(H,20,26)/t12-,14-/m0/s1. The van der Waals surface area contributed by atoms with Crippen LogP contribution in [0.25, 0.3) is 0 Å². The first-order chi connectivity index (χ1) is 12.7. The van der Waals surface area contributed by atoms with E-state index in [4.69, 9.17) is 9.84 Å². The van der Waals surface area contributed by atoms with Gasteiger partial charge < -0.3 is 15.2 Å². The zero-order chi connectivity index (χ0) is 19.8. The quantitative estimate of drug-likeness (QED) is 0.837. The van der Waals surface area contributed by atoms with Gasteiger partial charge in [0.05, 0.1) is 29.6 Å². The Balaban J connectivity index is 1.86. The molecule has 1 fully saturated rings. The Bertz CT molecular complexity index is 818. The first-order valence-corrected chi connectivity index (χ1v) is 9.30. The second-order valence-corrected chi connectivity index (χ2v) is 8.23. The number of carbonyl (C=O) groups is 1. The van der Waals surface area contributed by atoms with E-state index < -0.39 is 0 Å². The summed E-state index contributed by atoms with van der Waals surface area (Å²) in [7, 11) is 3.33. The monoisotopic (exact) mass is 375 g/mol. The molecule has 148 valence electrons. The van der Waals surface area contributed by atoms with Crippen LogP contribution in [0.15, 0.2) is 12.1 Å². The van der Waals surface area contributed by atoms with Crippen molar-refractivity contribution < 1.29 is 14.6 Å². The molecule has 0 saturated heterocycles. The maximum atomic E-state index is 12.8. The number of ether oxygens (including phenoxy) is 1. The molecule has 0 aromatic carbocycles. The van der Waals surface area contributed by atoms with Crippen LogP contribution in [-0.4, -0.2) is 43.8 Å². The molecule has 0 aliphatic heterocycles. The molecule has 0 unspecified atom stereocenters. The summed E-state index contributed by atoms with van der Waals surface area (Å²) in [5, 5.41) is 21.9. The van der Waals surface area contributed by atoms with Gasteiger partial charge >= 0.3 is 0 Å². The molecule has 27 heavy (non-hydrogen) atoms. The van der Waals surface area contributed by atoms with Gasteiger partial charge in [-0.1, -0.05) is 0 Å². The number of rotatable bonds is 5. The van der Waals surface area contributed by atoms with Crippen LogP contribution in [0, 0.1) is 0 Å². The summed E-state index contributed by atoms with van der Waals surface area (Å²) in [6.45, 7) is 6.49. The van der Waals surface area contributed by atoms with Gasteiger partial charge in [-0.2, -0.15) is 10.2 Å². The summed E-state index contributed by atoms with van der Waals surface area (Å²) in [6.07, 6.45) is 2.17. The van der Waals surface area contributed by atoms with E-state index in [1.807, 2.05) is 31.5 Å². The number of methoxy groups -OCH3 is 1. The van der Waals surface area contributed by atoms with Crippen molar-refractivity contribution in [2.24, 2.45) is 7.05 Å². The summed E-state index contributed by atoms with van der Waals surface area (Å²) < 4.78 is 8.48. The SMILES string of the molecule is COCc1cc(C(=O)Nc2cc([C@H]3CC[C@H](O)C3)nn2C(C)(C)C)n(C)n1. The van der Waals surface area contributed by atoms with E-state index >= 15 is 0 Å². The Labute approximate surface area is 159 Å². The van der Waals surface area contributed by atoms with Crippen LogP contribution in [0.1, 0.15) is 67.8 Å². The van der Waals surface area contributed by atoms with Crippen LogP contribution >= 0.6 is 0 Å². The van der Waals surface area contributed by atoms with Crippen molar-refractivity contribution in [1.82, 2.24) is 19.6 Å². The summed E-state index contributed by atoms with van der Waals surface area (Å²) in [4.78, 5) is 12.8. The van der Waals surface area contributed by atoms with E-state index in [1.165, 1.54) is 0 Å². The summed E-state index contributed by atoms with van der Waals surface area (Å²) >= 11 is 0. The van der Waals surface area contributed by atoms with Gasteiger partial charge in [0, 0.05) is 26.1 Å². The first-order valence-electron chi connectivity index (χ1n) is 9.30. The number of nitrogens with one attached hydrogen (secondary N) is 1. The van der Waals surface area contributed by atoms with Gasteiger partial charge in [0.1, 0.15) is 11.5 Å². The van der Waals surface area contributed by atoms with E-state index in [9.17, 15) is 9.90 Å². The number of nitrogens with zero attached hydrogens (tertiary/aromatic N) is 4. The van der Waals surface area contributed by atoms with Crippen molar-refractivity contribution in [3.63, 3.8) is 0 Å². The Hall–Kier alpha value is -2.19. The molecule has 2 N–H and O–H groups in total. The third-order valence-electron chi connectivity index (χ3n) is 4.88. The van der Waals surface area contributed by atoms with Crippen LogP contribution in [0.5, 0.6) is 0 Å². The molecule has 8 heteroatoms. The fraction of sp³-hybridized carbons (Fsp3) is 0.632. The van der Waals surface area contributed by atoms with Crippen LogP contribution in [0.3, 0.4) is 0 Å². The van der Waals surface area contributed by atoms with Crippen LogP contribution in [0.4, 0.5) is 5.82 Å². The molecule has 2 heterocycles. The Morgan fingerprint density at radius 2 is 2.07 bits per heavy atom. The van der Waals surface area contributed by atoms with E-state index in [0.717, 1.165) is 25.0 Å². The van der Waals surface area contributed by atoms with E-state index in [-0.39, 0.29) is 23.5 Å². The van der Waals surface area contributed by atoms with E-state index in [0.29, 0.717) is 23.8 Å². The molecule has 2 aromatic rings. The number of aliphatic hydroxyl groups is 1. The number of aliphatic hydroxyl groups excluding tert-OH is 1. The molecule has 2 aromatic heterocycles. The summed E-state index contributed by atoms with van der Waals surface area (Å²) in [5.74, 6) is 0.637. The number of carbonyl (C=O) groups excluding carboxylic acids is 1. The van der Waals surface area contributed by atoms with Crippen molar-refractivity contribution in [3.8, 4) is 0 Å². The van der Waals surface area contributed by atoms with Gasteiger partial charge in [0.25, 0.3) is 5.91 Å². The predicted octanol–water partition coefficient (Wildman–Crippen LogP) is 2.40. The number of amides is 1. The fourth-order valence-corrected chi connectivity index (χ4v) is 3.56. The molecule has 0 radical (unpaired) electrons. The highest BCUT2D eigenvalue weighted by atomic mass is 16.5. The van der Waals surface area contributed by atoms with E-state index in [2.05, 4.69) is 10.4 Å². The number of hydrogen-bond acceptors (Lipinski definition) is 5. The maximum Gasteiger partial charge on any atom is 0.275 e. The second kappa shape index (κ2) is 7.44. The van der Waals surface area contributed by atoms with Crippen molar-refractivity contribution in [2.75, 3.05) is 12.4 Å². The largest absolute Gasteiger partial charge is 0.393 e. The maximum absolute atomic E-state index is 12.8. The van der Waals surface area contributed by atoms with Crippen molar-refractivity contribution in [3.05, 3.63) is 29.2 Å². The molecule has 1 aliphatic carbocycles.